The lowest BCUT2D eigenvalue weighted by molar-refractivity contribution is 1.08. The molecule has 0 amide bonds. The summed E-state index contributed by atoms with van der Waals surface area (Å²) in [5.41, 5.74) is 4.27. The van der Waals surface area contributed by atoms with Crippen LogP contribution in [-0.2, 0) is 6.42 Å². The number of hydrogen-bond donors (Lipinski definition) is 2. The van der Waals surface area contributed by atoms with E-state index in [0.29, 0.717) is 4.77 Å². The number of hydrogen-bond acceptors (Lipinski definition) is 3. The minimum atomic E-state index is 0.462. The van der Waals surface area contributed by atoms with Crippen LogP contribution >= 0.6 is 12.2 Å². The Morgan fingerprint density at radius 3 is 2.68 bits per heavy atom. The van der Waals surface area contributed by atoms with E-state index in [-0.39, 0.29) is 0 Å². The van der Waals surface area contributed by atoms with E-state index in [2.05, 4.69) is 45.3 Å². The summed E-state index contributed by atoms with van der Waals surface area (Å²) in [5.74, 6) is 0.758. The Bertz CT molecular complexity index is 801. The highest BCUT2D eigenvalue weighted by Gasteiger charge is 2.09. The van der Waals surface area contributed by atoms with Crippen molar-refractivity contribution in [3.05, 3.63) is 40.3 Å². The normalized spacial score (nSPS) is 11.1. The Balaban J connectivity index is 2.35. The Labute approximate surface area is 115 Å². The molecule has 2 N–H and O–H groups in total. The highest BCUT2D eigenvalue weighted by Crippen LogP contribution is 2.27. The predicted molar refractivity (Wildman–Crippen MR) is 78.6 cm³/mol. The molecule has 3 rings (SSSR count). The minimum absolute atomic E-state index is 0.462. The first-order chi connectivity index (χ1) is 9.17. The molecule has 2 heterocycles. The van der Waals surface area contributed by atoms with E-state index in [1.54, 1.807) is 0 Å². The maximum absolute atomic E-state index is 5.02. The van der Waals surface area contributed by atoms with Gasteiger partial charge in [0.25, 0.3) is 0 Å². The van der Waals surface area contributed by atoms with Crippen molar-refractivity contribution in [3.63, 3.8) is 0 Å². The topological polar surface area (TPSA) is 57.4 Å². The van der Waals surface area contributed by atoms with Gasteiger partial charge in [0, 0.05) is 16.6 Å². The molecule has 1 aromatic carbocycles. The fraction of sp³-hybridized carbons (Fsp3) is 0.214. The van der Waals surface area contributed by atoms with Gasteiger partial charge in [0.1, 0.15) is 0 Å². The van der Waals surface area contributed by atoms with Crippen molar-refractivity contribution in [3.8, 4) is 11.4 Å². The van der Waals surface area contributed by atoms with Gasteiger partial charge in [-0.3, -0.25) is 15.2 Å². The van der Waals surface area contributed by atoms with Crippen molar-refractivity contribution in [1.82, 2.24) is 20.2 Å². The number of pyridine rings is 1. The van der Waals surface area contributed by atoms with E-state index in [4.69, 9.17) is 12.2 Å². The Kier molecular flexibility index (Phi) is 2.91. The molecule has 0 aliphatic carbocycles. The van der Waals surface area contributed by atoms with Gasteiger partial charge in [-0.1, -0.05) is 13.0 Å². The average Bonchev–Trinajstić information content (AvgIpc) is 2.84. The second kappa shape index (κ2) is 4.59. The van der Waals surface area contributed by atoms with Gasteiger partial charge in [0.15, 0.2) is 5.82 Å². The zero-order valence-corrected chi connectivity index (χ0v) is 11.6. The average molecular weight is 270 g/mol. The minimum Gasteiger partial charge on any atom is -0.282 e. The fourth-order valence-corrected chi connectivity index (χ4v) is 2.36. The van der Waals surface area contributed by atoms with Gasteiger partial charge in [-0.25, -0.2) is 0 Å². The molecular weight excluding hydrogens is 256 g/mol. The van der Waals surface area contributed by atoms with Crippen LogP contribution < -0.4 is 0 Å². The Hall–Kier alpha value is -2.01. The van der Waals surface area contributed by atoms with Crippen LogP contribution in [0.3, 0.4) is 0 Å². The lowest BCUT2D eigenvalue weighted by Crippen LogP contribution is -1.91. The third-order valence-electron chi connectivity index (χ3n) is 3.17. The Morgan fingerprint density at radius 1 is 1.16 bits per heavy atom. The summed E-state index contributed by atoms with van der Waals surface area (Å²) >= 11 is 5.02. The second-order valence-corrected chi connectivity index (χ2v) is 4.92. The molecule has 0 spiro atoms. The molecule has 0 aliphatic rings. The molecule has 0 atom stereocenters. The number of benzene rings is 1. The van der Waals surface area contributed by atoms with Crippen LogP contribution in [0.2, 0.25) is 0 Å². The zero-order valence-electron chi connectivity index (χ0n) is 10.8. The number of H-pyrrole nitrogens is 2. The summed E-state index contributed by atoms with van der Waals surface area (Å²) in [4.78, 5) is 8.87. The molecule has 0 unspecified atom stereocenters. The van der Waals surface area contributed by atoms with Gasteiger partial charge < -0.3 is 0 Å². The molecule has 2 aromatic heterocycles. The van der Waals surface area contributed by atoms with Gasteiger partial charge in [0.2, 0.25) is 4.77 Å². The van der Waals surface area contributed by atoms with E-state index in [1.807, 2.05) is 13.0 Å². The molecule has 5 heteroatoms. The van der Waals surface area contributed by atoms with E-state index in [9.17, 15) is 0 Å². The lowest BCUT2D eigenvalue weighted by atomic mass is 10.0. The molecule has 0 saturated heterocycles. The highest BCUT2D eigenvalue weighted by molar-refractivity contribution is 7.71. The van der Waals surface area contributed by atoms with Crippen LogP contribution in [0.5, 0.6) is 0 Å². The second-order valence-electron chi connectivity index (χ2n) is 4.53. The summed E-state index contributed by atoms with van der Waals surface area (Å²) in [6, 6.07) is 8.38. The molecule has 0 bridgehead atoms. The number of nitrogens with zero attached hydrogens (tertiary/aromatic N) is 2. The number of fused-ring (bicyclic) bond motifs is 1. The SMILES string of the molecule is CCc1ccc2nc(C)cc(-c3nc(=S)[nH][nH]3)c2c1. The van der Waals surface area contributed by atoms with Gasteiger partial charge >= 0.3 is 0 Å². The van der Waals surface area contributed by atoms with Crippen LogP contribution in [0, 0.1) is 11.7 Å². The van der Waals surface area contributed by atoms with E-state index in [1.165, 1.54) is 5.56 Å². The number of aromatic amines is 2. The summed E-state index contributed by atoms with van der Waals surface area (Å²) in [7, 11) is 0. The standard InChI is InChI=1S/C14H14N4S/c1-3-9-4-5-12-10(7-9)11(6-8(2)15-12)13-16-14(19)18-17-13/h4-7H,3H2,1-2H3,(H2,16,17,18,19). The quantitative estimate of drug-likeness (QED) is 0.700. The molecule has 19 heavy (non-hydrogen) atoms. The maximum atomic E-state index is 5.02. The molecule has 0 saturated carbocycles. The lowest BCUT2D eigenvalue weighted by Gasteiger charge is -2.07. The first-order valence-corrected chi connectivity index (χ1v) is 6.63. The predicted octanol–water partition coefficient (Wildman–Crippen LogP) is 3.55. The number of aryl methyl sites for hydroxylation is 2. The largest absolute Gasteiger partial charge is 0.282 e. The van der Waals surface area contributed by atoms with E-state index >= 15 is 0 Å². The molecule has 3 aromatic rings. The third kappa shape index (κ3) is 2.17. The summed E-state index contributed by atoms with van der Waals surface area (Å²) in [5, 5.41) is 6.95. The number of aromatic nitrogens is 4. The van der Waals surface area contributed by atoms with Crippen molar-refractivity contribution in [2.45, 2.75) is 20.3 Å². The van der Waals surface area contributed by atoms with Crippen molar-refractivity contribution in [1.29, 1.82) is 0 Å². The highest BCUT2D eigenvalue weighted by atomic mass is 32.1. The summed E-state index contributed by atoms with van der Waals surface area (Å²) < 4.78 is 0.462. The van der Waals surface area contributed by atoms with Crippen LogP contribution in [0.4, 0.5) is 0 Å². The van der Waals surface area contributed by atoms with Gasteiger partial charge in [0.05, 0.1) is 5.52 Å². The zero-order chi connectivity index (χ0) is 13.4. The van der Waals surface area contributed by atoms with Crippen molar-refractivity contribution in [2.24, 2.45) is 0 Å². The Morgan fingerprint density at radius 2 is 2.00 bits per heavy atom. The van der Waals surface area contributed by atoms with Crippen LogP contribution in [0.15, 0.2) is 24.3 Å². The number of rotatable bonds is 2. The molecule has 4 nitrogen and oxygen atoms in total. The fourth-order valence-electron chi connectivity index (χ4n) is 2.22. The summed E-state index contributed by atoms with van der Waals surface area (Å²) in [6.45, 7) is 4.13. The molecule has 96 valence electrons. The summed E-state index contributed by atoms with van der Waals surface area (Å²) in [6.07, 6.45) is 1.000. The number of nitrogens with one attached hydrogen (secondary N) is 2. The van der Waals surface area contributed by atoms with Gasteiger partial charge in [-0.2, -0.15) is 4.98 Å². The first kappa shape index (κ1) is 12.0. The monoisotopic (exact) mass is 270 g/mol. The molecule has 0 radical (unpaired) electrons. The maximum Gasteiger partial charge on any atom is 0.213 e. The van der Waals surface area contributed by atoms with Crippen LogP contribution in [-0.4, -0.2) is 20.2 Å². The molecule has 0 aliphatic heterocycles. The molecule has 0 fully saturated rings. The van der Waals surface area contributed by atoms with Crippen LogP contribution in [0.1, 0.15) is 18.2 Å². The van der Waals surface area contributed by atoms with Crippen LogP contribution in [0.25, 0.3) is 22.3 Å². The van der Waals surface area contributed by atoms with Crippen molar-refractivity contribution in [2.75, 3.05) is 0 Å². The third-order valence-corrected chi connectivity index (χ3v) is 3.36. The van der Waals surface area contributed by atoms with Gasteiger partial charge in [-0.05, 0) is 49.3 Å². The van der Waals surface area contributed by atoms with E-state index in [0.717, 1.165) is 34.4 Å². The smallest absolute Gasteiger partial charge is 0.213 e. The first-order valence-electron chi connectivity index (χ1n) is 6.22. The van der Waals surface area contributed by atoms with Gasteiger partial charge in [-0.15, -0.1) is 0 Å². The van der Waals surface area contributed by atoms with Crippen molar-refractivity contribution >= 4 is 23.1 Å². The van der Waals surface area contributed by atoms with Crippen molar-refractivity contribution < 1.29 is 0 Å². The molecular formula is C14H14N4S. The van der Waals surface area contributed by atoms with E-state index < -0.39 is 0 Å².